The summed E-state index contributed by atoms with van der Waals surface area (Å²) < 4.78 is 0. The third-order valence-corrected chi connectivity index (χ3v) is 3.52. The van der Waals surface area contributed by atoms with Crippen LogP contribution in [-0.4, -0.2) is 10.6 Å². The molecule has 1 N–H and O–H groups in total. The molecule has 0 radical (unpaired) electrons. The number of hydrazone groups is 1. The minimum Gasteiger partial charge on any atom is -0.278 e. The van der Waals surface area contributed by atoms with Crippen LogP contribution in [0.4, 0.5) is 11.4 Å². The summed E-state index contributed by atoms with van der Waals surface area (Å²) in [7, 11) is 0. The lowest BCUT2D eigenvalue weighted by Gasteiger charge is -2.08. The first-order chi connectivity index (χ1) is 11.2. The van der Waals surface area contributed by atoms with Crippen LogP contribution in [0.25, 0.3) is 0 Å². The lowest BCUT2D eigenvalue weighted by atomic mass is 10.0. The van der Waals surface area contributed by atoms with Crippen molar-refractivity contribution in [1.82, 2.24) is 0 Å². The van der Waals surface area contributed by atoms with Gasteiger partial charge in [0, 0.05) is 12.1 Å². The fourth-order valence-electron chi connectivity index (χ4n) is 2.23. The van der Waals surface area contributed by atoms with Crippen molar-refractivity contribution in [2.75, 3.05) is 5.43 Å². The van der Waals surface area contributed by atoms with Crippen LogP contribution in [0.3, 0.4) is 0 Å². The zero-order valence-electron chi connectivity index (χ0n) is 13.2. The van der Waals surface area contributed by atoms with Gasteiger partial charge in [-0.25, -0.2) is 0 Å². The molecule has 23 heavy (non-hydrogen) atoms. The molecule has 2 aromatic rings. The van der Waals surface area contributed by atoms with Gasteiger partial charge in [-0.15, -0.1) is 0 Å². The molecule has 0 atom stereocenters. The van der Waals surface area contributed by atoms with Gasteiger partial charge >= 0.3 is 0 Å². The summed E-state index contributed by atoms with van der Waals surface area (Å²) in [4.78, 5) is 10.3. The second kappa shape index (κ2) is 8.68. The van der Waals surface area contributed by atoms with Crippen molar-refractivity contribution in [3.8, 4) is 0 Å². The highest BCUT2D eigenvalue weighted by molar-refractivity contribution is 6.00. The number of non-ortho nitro benzene ring substituents is 1. The lowest BCUT2D eigenvalue weighted by molar-refractivity contribution is -0.384. The molecule has 0 heterocycles. The van der Waals surface area contributed by atoms with Crippen molar-refractivity contribution >= 4 is 17.1 Å². The molecule has 2 rings (SSSR count). The van der Waals surface area contributed by atoms with Crippen molar-refractivity contribution in [1.29, 1.82) is 0 Å². The summed E-state index contributed by atoms with van der Waals surface area (Å²) in [5.74, 6) is 0. The molecule has 0 fully saturated rings. The first-order valence-electron chi connectivity index (χ1n) is 7.83. The maximum absolute atomic E-state index is 10.7. The number of hydrogen-bond acceptors (Lipinski definition) is 4. The standard InChI is InChI=1S/C18H21N3O2/c1-2-3-5-10-18(15-8-6-4-7-9-15)20-19-16-11-13-17(14-12-16)21(22)23/h4,6-9,11-14,19H,2-3,5,10H2,1H3. The maximum Gasteiger partial charge on any atom is 0.269 e. The van der Waals surface area contributed by atoms with E-state index >= 15 is 0 Å². The van der Waals surface area contributed by atoms with E-state index in [9.17, 15) is 10.1 Å². The molecule has 5 nitrogen and oxygen atoms in total. The highest BCUT2D eigenvalue weighted by Crippen LogP contribution is 2.16. The highest BCUT2D eigenvalue weighted by atomic mass is 16.6. The third kappa shape index (κ3) is 5.21. The SMILES string of the molecule is CCCCCC(=NNc1ccc([N+](=O)[O-])cc1)c1ccccc1. The van der Waals surface area contributed by atoms with Crippen LogP contribution >= 0.6 is 0 Å². The van der Waals surface area contributed by atoms with Crippen molar-refractivity contribution in [2.45, 2.75) is 32.6 Å². The summed E-state index contributed by atoms with van der Waals surface area (Å²) in [6.07, 6.45) is 4.32. The summed E-state index contributed by atoms with van der Waals surface area (Å²) in [5.41, 5.74) is 5.91. The molecule has 120 valence electrons. The van der Waals surface area contributed by atoms with Gasteiger partial charge in [0.05, 0.1) is 16.3 Å². The van der Waals surface area contributed by atoms with Gasteiger partial charge in [-0.05, 0) is 30.5 Å². The topological polar surface area (TPSA) is 67.5 Å². The van der Waals surface area contributed by atoms with Crippen LogP contribution in [0.15, 0.2) is 59.7 Å². The van der Waals surface area contributed by atoms with E-state index in [2.05, 4.69) is 17.5 Å². The Labute approximate surface area is 136 Å². The van der Waals surface area contributed by atoms with Crippen LogP contribution in [0.2, 0.25) is 0 Å². The second-order valence-electron chi connectivity index (χ2n) is 5.30. The summed E-state index contributed by atoms with van der Waals surface area (Å²) in [5, 5.41) is 15.2. The third-order valence-electron chi connectivity index (χ3n) is 3.52. The van der Waals surface area contributed by atoms with Crippen LogP contribution in [0.1, 0.15) is 38.2 Å². The maximum atomic E-state index is 10.7. The van der Waals surface area contributed by atoms with Crippen LogP contribution in [0.5, 0.6) is 0 Å². The number of benzene rings is 2. The predicted octanol–water partition coefficient (Wildman–Crippen LogP) is 4.99. The Morgan fingerprint density at radius 1 is 1.09 bits per heavy atom. The molecule has 0 aliphatic rings. The molecule has 0 aromatic heterocycles. The van der Waals surface area contributed by atoms with E-state index in [1.807, 2.05) is 30.3 Å². The Kier molecular flexibility index (Phi) is 6.29. The number of nitrogens with one attached hydrogen (secondary N) is 1. The van der Waals surface area contributed by atoms with Crippen LogP contribution < -0.4 is 5.43 Å². The summed E-state index contributed by atoms with van der Waals surface area (Å²) in [6, 6.07) is 16.3. The molecule has 0 aliphatic carbocycles. The first kappa shape index (κ1) is 16.7. The van der Waals surface area contributed by atoms with Crippen LogP contribution in [-0.2, 0) is 0 Å². The van der Waals surface area contributed by atoms with E-state index in [-0.39, 0.29) is 5.69 Å². The normalized spacial score (nSPS) is 11.3. The molecule has 0 amide bonds. The Balaban J connectivity index is 2.11. The minimum atomic E-state index is -0.410. The van der Waals surface area contributed by atoms with Crippen molar-refractivity contribution < 1.29 is 4.92 Å². The number of anilines is 1. The zero-order valence-corrected chi connectivity index (χ0v) is 13.2. The largest absolute Gasteiger partial charge is 0.278 e. The Bertz CT molecular complexity index is 652. The first-order valence-corrected chi connectivity index (χ1v) is 7.83. The van der Waals surface area contributed by atoms with Gasteiger partial charge in [0.15, 0.2) is 0 Å². The molecule has 0 saturated heterocycles. The number of nitro benzene ring substituents is 1. The molecule has 0 bridgehead atoms. The summed E-state index contributed by atoms with van der Waals surface area (Å²) >= 11 is 0. The predicted molar refractivity (Wildman–Crippen MR) is 93.8 cm³/mol. The quantitative estimate of drug-likeness (QED) is 0.323. The molecule has 0 saturated carbocycles. The molecular weight excluding hydrogens is 290 g/mol. The average molecular weight is 311 g/mol. The van der Waals surface area contributed by atoms with Gasteiger partial charge in [0.1, 0.15) is 0 Å². The number of nitro groups is 1. The molecule has 0 aliphatic heterocycles. The van der Waals surface area contributed by atoms with E-state index < -0.39 is 4.92 Å². The average Bonchev–Trinajstić information content (AvgIpc) is 2.59. The van der Waals surface area contributed by atoms with Gasteiger partial charge < -0.3 is 0 Å². The van der Waals surface area contributed by atoms with Crippen molar-refractivity contribution in [3.05, 3.63) is 70.3 Å². The fraction of sp³-hybridized carbons (Fsp3) is 0.278. The zero-order chi connectivity index (χ0) is 16.5. The number of unbranched alkanes of at least 4 members (excludes halogenated alkanes) is 2. The second-order valence-corrected chi connectivity index (χ2v) is 5.30. The highest BCUT2D eigenvalue weighted by Gasteiger charge is 2.05. The van der Waals surface area contributed by atoms with E-state index in [4.69, 9.17) is 0 Å². The lowest BCUT2D eigenvalue weighted by Crippen LogP contribution is -2.04. The van der Waals surface area contributed by atoms with Gasteiger partial charge in [-0.3, -0.25) is 15.5 Å². The van der Waals surface area contributed by atoms with Crippen molar-refractivity contribution in [3.63, 3.8) is 0 Å². The number of hydrogen-bond donors (Lipinski definition) is 1. The molecule has 2 aromatic carbocycles. The minimum absolute atomic E-state index is 0.0748. The van der Waals surface area contributed by atoms with Crippen molar-refractivity contribution in [2.24, 2.45) is 5.10 Å². The van der Waals surface area contributed by atoms with E-state index in [1.54, 1.807) is 12.1 Å². The van der Waals surface area contributed by atoms with Gasteiger partial charge in [0.2, 0.25) is 0 Å². The van der Waals surface area contributed by atoms with E-state index in [0.29, 0.717) is 0 Å². The Morgan fingerprint density at radius 3 is 2.39 bits per heavy atom. The van der Waals surface area contributed by atoms with E-state index in [1.165, 1.54) is 18.6 Å². The summed E-state index contributed by atoms with van der Waals surface area (Å²) in [6.45, 7) is 2.18. The molecule has 5 heteroatoms. The number of rotatable bonds is 8. The molecular formula is C18H21N3O2. The Hall–Kier alpha value is -2.69. The number of nitrogens with zero attached hydrogens (tertiary/aromatic N) is 2. The Morgan fingerprint density at radius 2 is 1.78 bits per heavy atom. The van der Waals surface area contributed by atoms with Gasteiger partial charge in [0.25, 0.3) is 5.69 Å². The van der Waals surface area contributed by atoms with Gasteiger partial charge in [-0.2, -0.15) is 5.10 Å². The molecule has 0 unspecified atom stereocenters. The molecule has 0 spiro atoms. The van der Waals surface area contributed by atoms with Crippen LogP contribution in [0, 0.1) is 10.1 Å². The monoisotopic (exact) mass is 311 g/mol. The van der Waals surface area contributed by atoms with E-state index in [0.717, 1.165) is 36.2 Å². The van der Waals surface area contributed by atoms with Gasteiger partial charge in [-0.1, -0.05) is 50.1 Å². The smallest absolute Gasteiger partial charge is 0.269 e. The fourth-order valence-corrected chi connectivity index (χ4v) is 2.23.